The number of aliphatic hydroxyl groups excluding tert-OH is 1. The zero-order chi connectivity index (χ0) is 17.3. The summed E-state index contributed by atoms with van der Waals surface area (Å²) in [5.41, 5.74) is 5.05. The summed E-state index contributed by atoms with van der Waals surface area (Å²) in [6, 6.07) is 2.56. The van der Waals surface area contributed by atoms with Crippen LogP contribution in [0.15, 0.2) is 17.1 Å². The number of hydrogen-bond donors (Lipinski definition) is 2. The largest absolute Gasteiger partial charge is 0.390 e. The van der Waals surface area contributed by atoms with Crippen molar-refractivity contribution in [2.75, 3.05) is 5.73 Å². The van der Waals surface area contributed by atoms with Gasteiger partial charge in [0.15, 0.2) is 0 Å². The van der Waals surface area contributed by atoms with Gasteiger partial charge in [-0.05, 0) is 6.07 Å². The Kier molecular flexibility index (Phi) is 5.39. The molecule has 8 heteroatoms. The van der Waals surface area contributed by atoms with Gasteiger partial charge in [-0.1, -0.05) is 51.1 Å². The van der Waals surface area contributed by atoms with E-state index in [1.807, 2.05) is 0 Å². The van der Waals surface area contributed by atoms with Gasteiger partial charge in [-0.25, -0.2) is 4.79 Å². The molecule has 0 amide bonds. The number of nitrogens with zero attached hydrogens (tertiary/aromatic N) is 2. The molecular formula is C15H25N3O3SSi. The van der Waals surface area contributed by atoms with Gasteiger partial charge >= 0.3 is 5.69 Å². The lowest BCUT2D eigenvalue weighted by atomic mass is 10.2. The fraction of sp³-hybridized carbons (Fsp3) is 0.667. The molecule has 23 heavy (non-hydrogen) atoms. The molecule has 6 nitrogen and oxygen atoms in total. The van der Waals surface area contributed by atoms with Gasteiger partial charge in [0, 0.05) is 18.0 Å². The number of anilines is 1. The summed E-state index contributed by atoms with van der Waals surface area (Å²) in [5, 5.41) is 11.5. The summed E-state index contributed by atoms with van der Waals surface area (Å²) in [6.07, 6.45) is 2.76. The lowest BCUT2D eigenvalue weighted by molar-refractivity contribution is -0.0135. The van der Waals surface area contributed by atoms with Crippen LogP contribution in [0, 0.1) is 0 Å². The highest BCUT2D eigenvalue weighted by Gasteiger charge is 2.57. The van der Waals surface area contributed by atoms with E-state index in [0.717, 1.165) is 18.9 Å². The van der Waals surface area contributed by atoms with Gasteiger partial charge in [-0.15, -0.1) is 0 Å². The number of unbranched alkanes of at least 4 members (excludes halogenated alkanes) is 1. The van der Waals surface area contributed by atoms with Crippen molar-refractivity contribution >= 4 is 31.5 Å². The van der Waals surface area contributed by atoms with E-state index in [4.69, 9.17) is 22.7 Å². The van der Waals surface area contributed by atoms with Crippen LogP contribution in [0.5, 0.6) is 0 Å². The molecule has 0 aromatic carbocycles. The Labute approximate surface area is 142 Å². The molecule has 1 aliphatic rings. The van der Waals surface area contributed by atoms with Crippen molar-refractivity contribution < 1.29 is 9.84 Å². The summed E-state index contributed by atoms with van der Waals surface area (Å²) in [6.45, 7) is 6.50. The fourth-order valence-corrected chi connectivity index (χ4v) is 7.82. The van der Waals surface area contributed by atoms with Crippen LogP contribution < -0.4 is 11.4 Å². The van der Waals surface area contributed by atoms with Crippen LogP contribution in [0.1, 0.15) is 32.4 Å². The zero-order valence-electron chi connectivity index (χ0n) is 13.9. The minimum atomic E-state index is -2.00. The van der Waals surface area contributed by atoms with Crippen molar-refractivity contribution in [1.82, 2.24) is 9.55 Å². The first-order valence-corrected chi connectivity index (χ1v) is 11.6. The van der Waals surface area contributed by atoms with E-state index >= 15 is 0 Å². The number of nitrogens with two attached hydrogens (primary N) is 1. The highest BCUT2D eigenvalue weighted by atomic mass is 32.1. The number of ether oxygens (including phenoxy) is 1. The lowest BCUT2D eigenvalue weighted by Gasteiger charge is -2.41. The van der Waals surface area contributed by atoms with Crippen LogP contribution >= 0.6 is 12.2 Å². The first-order valence-electron chi connectivity index (χ1n) is 7.94. The topological polar surface area (TPSA) is 90.4 Å². The maximum absolute atomic E-state index is 12.0. The third-order valence-corrected chi connectivity index (χ3v) is 9.67. The second-order valence-corrected chi connectivity index (χ2v) is 12.0. The minimum absolute atomic E-state index is 0.170. The molecule has 0 unspecified atom stereocenters. The zero-order valence-corrected chi connectivity index (χ0v) is 15.7. The van der Waals surface area contributed by atoms with Crippen LogP contribution in [0.2, 0.25) is 19.1 Å². The van der Waals surface area contributed by atoms with Gasteiger partial charge in [0.2, 0.25) is 0 Å². The van der Waals surface area contributed by atoms with Gasteiger partial charge in [0.25, 0.3) is 0 Å². The van der Waals surface area contributed by atoms with Gasteiger partial charge in [0.1, 0.15) is 17.3 Å². The minimum Gasteiger partial charge on any atom is -0.390 e. The number of aromatic nitrogens is 2. The Morgan fingerprint density at radius 2 is 2.35 bits per heavy atom. The molecule has 2 heterocycles. The summed E-state index contributed by atoms with van der Waals surface area (Å²) in [5.74, 6) is 0.170. The van der Waals surface area contributed by atoms with Crippen LogP contribution in [0.3, 0.4) is 0 Å². The number of aliphatic hydroxyl groups is 1. The average molecular weight is 356 g/mol. The molecule has 1 aliphatic heterocycles. The molecule has 3 atom stereocenters. The van der Waals surface area contributed by atoms with Gasteiger partial charge in [-0.3, -0.25) is 4.57 Å². The molecule has 0 aliphatic carbocycles. The van der Waals surface area contributed by atoms with Crippen molar-refractivity contribution in [1.29, 1.82) is 0 Å². The maximum atomic E-state index is 12.0. The molecule has 1 fully saturated rings. The molecule has 2 rings (SSSR count). The maximum Gasteiger partial charge on any atom is 0.351 e. The van der Waals surface area contributed by atoms with Gasteiger partial charge < -0.3 is 15.6 Å². The predicted octanol–water partition coefficient (Wildman–Crippen LogP) is 1.89. The Bertz CT molecular complexity index is 637. The monoisotopic (exact) mass is 355 g/mol. The van der Waals surface area contributed by atoms with Crippen molar-refractivity contribution in [2.24, 2.45) is 0 Å². The van der Waals surface area contributed by atoms with Crippen molar-refractivity contribution in [3.8, 4) is 0 Å². The van der Waals surface area contributed by atoms with E-state index in [0.29, 0.717) is 6.42 Å². The Balaban J connectivity index is 2.34. The van der Waals surface area contributed by atoms with E-state index in [1.54, 1.807) is 17.6 Å². The molecule has 0 bridgehead atoms. The van der Waals surface area contributed by atoms with Gasteiger partial charge in [0.05, 0.1) is 14.2 Å². The number of hydrogen-bond acceptors (Lipinski definition) is 6. The van der Waals surface area contributed by atoms with E-state index in [-0.39, 0.29) is 5.82 Å². The Morgan fingerprint density at radius 3 is 2.91 bits per heavy atom. The highest BCUT2D eigenvalue weighted by molar-refractivity contribution is 7.79. The van der Waals surface area contributed by atoms with Crippen LogP contribution in [0.25, 0.3) is 0 Å². The van der Waals surface area contributed by atoms with Gasteiger partial charge in [-0.2, -0.15) is 4.98 Å². The van der Waals surface area contributed by atoms with E-state index in [1.165, 1.54) is 4.57 Å². The molecule has 0 spiro atoms. The predicted molar refractivity (Wildman–Crippen MR) is 97.2 cm³/mol. The molecule has 1 aromatic rings. The number of nitrogen functional groups attached to an aromatic ring is 1. The smallest absolute Gasteiger partial charge is 0.351 e. The quantitative estimate of drug-likeness (QED) is 0.598. The second kappa shape index (κ2) is 6.80. The summed E-state index contributed by atoms with van der Waals surface area (Å²) >= 11 is 5.26. The lowest BCUT2D eigenvalue weighted by Crippen LogP contribution is -2.61. The normalized spacial score (nSPS) is 28.0. The molecule has 1 aromatic heterocycles. The van der Waals surface area contributed by atoms with Crippen LogP contribution in [-0.2, 0) is 4.74 Å². The van der Waals surface area contributed by atoms with E-state index in [2.05, 4.69) is 25.0 Å². The third-order valence-electron chi connectivity index (χ3n) is 4.80. The SMILES string of the molecule is CCCC[Si](C)(C)[C@]1(C=S)O[C@@H](n2ccc(N)nc2=O)C[C@@H]1O. The summed E-state index contributed by atoms with van der Waals surface area (Å²) in [4.78, 5) is 15.8. The number of thiocarbonyl (C=S) groups is 1. The standard InChI is InChI=1S/C15H25N3O3SSi/c1-4-5-8-23(2,3)15(10-22)11(19)9-13(21-15)18-7-6-12(16)17-14(18)20/h6-7,10-11,13,19H,4-5,8-9H2,1-3H3,(H2,16,17,20)/t11-,13+,15-/m0/s1. The highest BCUT2D eigenvalue weighted by Crippen LogP contribution is 2.43. The molecule has 0 radical (unpaired) electrons. The first kappa shape index (κ1) is 18.2. The second-order valence-electron chi connectivity index (χ2n) is 6.76. The molecular weight excluding hydrogens is 330 g/mol. The van der Waals surface area contributed by atoms with E-state index < -0.39 is 31.3 Å². The molecule has 128 valence electrons. The third kappa shape index (κ3) is 3.26. The van der Waals surface area contributed by atoms with Crippen molar-refractivity contribution in [2.45, 2.75) is 62.9 Å². The fourth-order valence-electron chi connectivity index (χ4n) is 3.22. The molecule has 3 N–H and O–H groups in total. The Morgan fingerprint density at radius 1 is 1.65 bits per heavy atom. The molecule has 1 saturated heterocycles. The Hall–Kier alpha value is -1.09. The first-order chi connectivity index (χ1) is 10.8. The van der Waals surface area contributed by atoms with Crippen molar-refractivity contribution in [3.05, 3.63) is 22.7 Å². The van der Waals surface area contributed by atoms with Crippen molar-refractivity contribution in [3.63, 3.8) is 0 Å². The van der Waals surface area contributed by atoms with Crippen LogP contribution in [-0.4, -0.2) is 39.4 Å². The number of rotatable bonds is 6. The van der Waals surface area contributed by atoms with Crippen LogP contribution in [0.4, 0.5) is 5.82 Å². The molecule has 0 saturated carbocycles. The average Bonchev–Trinajstić information content (AvgIpc) is 2.83. The summed E-state index contributed by atoms with van der Waals surface area (Å²) < 4.78 is 7.59. The summed E-state index contributed by atoms with van der Waals surface area (Å²) in [7, 11) is -2.00. The van der Waals surface area contributed by atoms with E-state index in [9.17, 15) is 9.90 Å².